The number of rotatable bonds is 36. The molecule has 448 valence electrons. The number of amides is 3. The molecule has 1 saturated heterocycles. The van der Waals surface area contributed by atoms with Gasteiger partial charge in [-0.1, -0.05) is 177 Å². The largest absolute Gasteiger partial charge is 0.453 e. The molecule has 2 aromatic carbocycles. The summed E-state index contributed by atoms with van der Waals surface area (Å²) < 4.78 is 16.8. The van der Waals surface area contributed by atoms with Crippen molar-refractivity contribution in [3.8, 4) is 0 Å². The summed E-state index contributed by atoms with van der Waals surface area (Å²) in [7, 11) is 11.7. The zero-order chi connectivity index (χ0) is 59.3. The van der Waals surface area contributed by atoms with Gasteiger partial charge in [0.15, 0.2) is 5.78 Å². The highest BCUT2D eigenvalue weighted by molar-refractivity contribution is 8.76. The summed E-state index contributed by atoms with van der Waals surface area (Å²) >= 11 is 1.44. The Bertz CT molecular complexity index is 2280. The van der Waals surface area contributed by atoms with E-state index in [2.05, 4.69) is 49.8 Å². The number of carbonyl (C=O) groups excluding carboxylic acids is 6. The van der Waals surface area contributed by atoms with Crippen molar-refractivity contribution in [2.45, 2.75) is 189 Å². The molecule has 1 aliphatic heterocycles. The molecule has 1 unspecified atom stereocenters. The summed E-state index contributed by atoms with van der Waals surface area (Å²) in [5, 5.41) is 2.60. The lowest BCUT2D eigenvalue weighted by molar-refractivity contribution is -0.149. The molecule has 13 nitrogen and oxygen atoms in total. The molecule has 1 aliphatic rings. The number of methoxy groups -OCH3 is 3. The second-order valence-electron chi connectivity index (χ2n) is 22.7. The van der Waals surface area contributed by atoms with Crippen LogP contribution in [0, 0.1) is 35.5 Å². The number of likely N-dealkylation sites (N-methyl/N-ethyl adjacent to an activating group) is 1. The lowest BCUT2D eigenvalue weighted by Gasteiger charge is -2.41. The average Bonchev–Trinajstić information content (AvgIpc) is 4.16. The first-order chi connectivity index (χ1) is 38.2. The lowest BCUT2D eigenvalue weighted by Crippen LogP contribution is -2.54. The molecule has 4 rings (SSSR count). The van der Waals surface area contributed by atoms with E-state index < -0.39 is 30.1 Å². The number of hydrogen-bond donors (Lipinski definition) is 0. The zero-order valence-corrected chi connectivity index (χ0v) is 53.6. The van der Waals surface area contributed by atoms with Gasteiger partial charge in [0.1, 0.15) is 17.3 Å². The van der Waals surface area contributed by atoms with Gasteiger partial charge in [0.05, 0.1) is 48.7 Å². The number of aromatic nitrogens is 1. The Kier molecular flexibility index (Phi) is 33.2. The van der Waals surface area contributed by atoms with Crippen molar-refractivity contribution in [3.05, 3.63) is 87.9 Å². The second-order valence-corrected chi connectivity index (χ2v) is 26.1. The zero-order valence-electron chi connectivity index (χ0n) is 51.1. The molecule has 3 amide bonds. The van der Waals surface area contributed by atoms with Crippen molar-refractivity contribution >= 4 is 68.2 Å². The first-order valence-corrected chi connectivity index (χ1v) is 32.9. The number of ketones is 3. The van der Waals surface area contributed by atoms with Crippen molar-refractivity contribution in [3.63, 3.8) is 0 Å². The van der Waals surface area contributed by atoms with Gasteiger partial charge in [0.25, 0.3) is 0 Å². The van der Waals surface area contributed by atoms with Gasteiger partial charge in [0.2, 0.25) is 11.8 Å². The number of aryl methyl sites for hydroxylation is 1. The quantitative estimate of drug-likeness (QED) is 0.0236. The number of nitrogens with zero attached hydrogens (tertiary/aromatic N) is 4. The first-order valence-electron chi connectivity index (χ1n) is 29.5. The minimum absolute atomic E-state index is 0.00876. The van der Waals surface area contributed by atoms with Gasteiger partial charge in [-0.05, 0) is 67.4 Å². The summed E-state index contributed by atoms with van der Waals surface area (Å²) in [5.74, 6) is 0.546. The highest BCUT2D eigenvalue weighted by Crippen LogP contribution is 2.35. The SMILES string of the molecule is CCCCCCCSSCN(C)C(=O)OC.CC[C@H](C)C([C@@H](CC(=O)N1CCC[C@H]1[C@H](OC)[C@@H](C)C(=O)C[C@@H](Cc1ccccc1)c1nc(C(=O)CCCc2ccccc2)cs1)OC)N(C)C(=O)[C@@H](CC(=O)[C@@H](C)C(C)C)C(C)C. The molecule has 0 N–H and O–H groups in total. The van der Waals surface area contributed by atoms with Crippen LogP contribution in [0.1, 0.15) is 178 Å². The van der Waals surface area contributed by atoms with E-state index in [1.54, 1.807) is 48.9 Å². The van der Waals surface area contributed by atoms with Crippen LogP contribution in [0.2, 0.25) is 0 Å². The lowest BCUT2D eigenvalue weighted by atomic mass is 9.82. The molecule has 0 aliphatic carbocycles. The Balaban J connectivity index is 0.000000906. The van der Waals surface area contributed by atoms with E-state index in [0.29, 0.717) is 37.4 Å². The molecular formula is C64H100N4O9S3. The van der Waals surface area contributed by atoms with Crippen molar-refractivity contribution in [1.82, 2.24) is 19.7 Å². The van der Waals surface area contributed by atoms with Crippen LogP contribution in [-0.2, 0) is 46.2 Å². The molecule has 80 heavy (non-hydrogen) atoms. The number of unbranched alkanes of at least 4 members (excludes halogenated alkanes) is 4. The van der Waals surface area contributed by atoms with Crippen LogP contribution in [0.15, 0.2) is 66.0 Å². The van der Waals surface area contributed by atoms with Crippen LogP contribution in [0.3, 0.4) is 0 Å². The van der Waals surface area contributed by atoms with Crippen LogP contribution >= 0.6 is 32.9 Å². The highest BCUT2D eigenvalue weighted by atomic mass is 33.1. The molecule has 16 heteroatoms. The normalized spacial score (nSPS) is 16.4. The third-order valence-corrected chi connectivity index (χ3v) is 19.6. The van der Waals surface area contributed by atoms with E-state index >= 15 is 0 Å². The third-order valence-electron chi connectivity index (χ3n) is 16.2. The Morgan fingerprint density at radius 2 is 1.39 bits per heavy atom. The highest BCUT2D eigenvalue weighted by Gasteiger charge is 2.43. The van der Waals surface area contributed by atoms with E-state index in [0.717, 1.165) is 36.3 Å². The molecule has 0 saturated carbocycles. The number of ether oxygens (including phenoxy) is 3. The number of Topliss-reactive ketones (excluding diaryl/α,β-unsaturated/α-hetero) is 3. The topological polar surface area (TPSA) is 153 Å². The number of carbonyl (C=O) groups is 6. The summed E-state index contributed by atoms with van der Waals surface area (Å²) in [4.78, 5) is 90.7. The minimum atomic E-state index is -0.589. The van der Waals surface area contributed by atoms with Crippen molar-refractivity contribution < 1.29 is 43.0 Å². The van der Waals surface area contributed by atoms with E-state index in [9.17, 15) is 28.8 Å². The van der Waals surface area contributed by atoms with Gasteiger partial charge in [-0.3, -0.25) is 24.0 Å². The van der Waals surface area contributed by atoms with Crippen LogP contribution in [0.25, 0.3) is 0 Å². The van der Waals surface area contributed by atoms with Crippen molar-refractivity contribution in [1.29, 1.82) is 0 Å². The molecule has 9 atom stereocenters. The summed E-state index contributed by atoms with van der Waals surface area (Å²) in [6.45, 7) is 18.8. The van der Waals surface area contributed by atoms with Gasteiger partial charge < -0.3 is 28.9 Å². The van der Waals surface area contributed by atoms with E-state index in [1.807, 2.05) is 99.0 Å². The average molecular weight is 1170 g/mol. The Hall–Kier alpha value is -4.09. The van der Waals surface area contributed by atoms with Crippen LogP contribution in [-0.4, -0.2) is 133 Å². The van der Waals surface area contributed by atoms with E-state index in [-0.39, 0.29) is 90.2 Å². The van der Waals surface area contributed by atoms with E-state index in [1.165, 1.54) is 61.9 Å². The second kappa shape index (κ2) is 37.9. The number of hydrogen-bond acceptors (Lipinski definition) is 13. The molecule has 1 aromatic heterocycles. The maximum atomic E-state index is 14.5. The van der Waals surface area contributed by atoms with Gasteiger partial charge in [0, 0.05) is 88.9 Å². The fourth-order valence-electron chi connectivity index (χ4n) is 10.5. The number of thiazole rings is 1. The smallest absolute Gasteiger partial charge is 0.409 e. The number of likely N-dealkylation sites (tertiary alicyclic amines) is 1. The van der Waals surface area contributed by atoms with Gasteiger partial charge in [-0.2, -0.15) is 0 Å². The van der Waals surface area contributed by atoms with Gasteiger partial charge in [-0.15, -0.1) is 11.3 Å². The Morgan fingerprint density at radius 1 is 0.750 bits per heavy atom. The molecule has 3 aromatic rings. The molecular weight excluding hydrogens is 1060 g/mol. The van der Waals surface area contributed by atoms with Crippen LogP contribution in [0.5, 0.6) is 0 Å². The van der Waals surface area contributed by atoms with E-state index in [4.69, 9.17) is 14.5 Å². The maximum Gasteiger partial charge on any atom is 0.409 e. The van der Waals surface area contributed by atoms with Crippen molar-refractivity contribution in [2.24, 2.45) is 35.5 Å². The van der Waals surface area contributed by atoms with Crippen LogP contribution < -0.4 is 0 Å². The number of benzene rings is 2. The molecule has 2 heterocycles. The Labute approximate surface area is 494 Å². The fourth-order valence-corrected chi connectivity index (χ4v) is 13.6. The fraction of sp³-hybridized carbons (Fsp3) is 0.672. The maximum absolute atomic E-state index is 14.5. The third kappa shape index (κ3) is 22.9. The summed E-state index contributed by atoms with van der Waals surface area (Å²) in [6.07, 6.45) is 10.5. The van der Waals surface area contributed by atoms with Gasteiger partial charge in [-0.25, -0.2) is 9.78 Å². The summed E-state index contributed by atoms with van der Waals surface area (Å²) in [5.41, 5.74) is 2.74. The molecule has 0 bridgehead atoms. The molecule has 0 radical (unpaired) electrons. The minimum Gasteiger partial charge on any atom is -0.453 e. The monoisotopic (exact) mass is 1160 g/mol. The predicted octanol–water partition coefficient (Wildman–Crippen LogP) is 14.1. The molecule has 1 fully saturated rings. The van der Waals surface area contributed by atoms with Crippen molar-refractivity contribution in [2.75, 3.05) is 53.6 Å². The summed E-state index contributed by atoms with van der Waals surface area (Å²) in [6, 6.07) is 19.5. The first kappa shape index (κ1) is 70.2. The Morgan fingerprint density at radius 3 is 1.98 bits per heavy atom. The molecule has 0 spiro atoms. The standard InChI is InChI=1S/C53H77N3O7S.C11H23NO2S2/c1-12-36(6)50(55(9)53(61)42(35(4)5)31-47(59)37(7)34(2)3)48(62-10)32-49(60)56-28-20-26-44(56)51(63-11)38(8)46(58)30-41(29-40-23-17-14-18-24-40)52-54-43(33-64-52)45(57)27-19-25-39-21-15-13-16-22-39;1-4-5-6-7-8-9-15-16-10-12(2)11(13)14-3/h13-18,21-24,33-38,41-42,44,48,50-51H,12,19-20,25-32H2,1-11H3;4-10H2,1-3H3/t36-,37-,38-,41+,42-,44-,48+,50?,51+;/m0./s1. The van der Waals surface area contributed by atoms with Crippen LogP contribution in [0.4, 0.5) is 4.79 Å². The van der Waals surface area contributed by atoms with Gasteiger partial charge >= 0.3 is 6.09 Å². The predicted molar refractivity (Wildman–Crippen MR) is 330 cm³/mol.